The van der Waals surface area contributed by atoms with Crippen LogP contribution in [0.5, 0.6) is 0 Å². The molecule has 188 valence electrons. The van der Waals surface area contributed by atoms with E-state index in [1.54, 1.807) is 72.8 Å². The minimum atomic E-state index is -1.70. The van der Waals surface area contributed by atoms with E-state index in [1.807, 2.05) is 18.3 Å². The van der Waals surface area contributed by atoms with E-state index in [2.05, 4.69) is 5.32 Å². The highest BCUT2D eigenvalue weighted by atomic mass is 32.2. The van der Waals surface area contributed by atoms with Gasteiger partial charge in [0.05, 0.1) is 0 Å². The number of anilines is 2. The number of halogens is 4. The van der Waals surface area contributed by atoms with Gasteiger partial charge in [0.2, 0.25) is 5.91 Å². The van der Waals surface area contributed by atoms with Crippen molar-refractivity contribution < 1.29 is 27.2 Å². The fourth-order valence-corrected chi connectivity index (χ4v) is 4.63. The highest BCUT2D eigenvalue weighted by Crippen LogP contribution is 2.38. The second-order valence-electron chi connectivity index (χ2n) is 8.09. The fourth-order valence-electron chi connectivity index (χ4n) is 3.55. The molecular formula is C28H20F4N2O2S. The van der Waals surface area contributed by atoms with Crippen molar-refractivity contribution in [2.24, 2.45) is 0 Å². The van der Waals surface area contributed by atoms with Crippen LogP contribution in [0.15, 0.2) is 89.8 Å². The molecule has 0 aliphatic heterocycles. The predicted octanol–water partition coefficient (Wildman–Crippen LogP) is 7.28. The average Bonchev–Trinajstić information content (AvgIpc) is 2.89. The molecule has 4 nitrogen and oxygen atoms in total. The predicted molar refractivity (Wildman–Crippen MR) is 136 cm³/mol. The van der Waals surface area contributed by atoms with Gasteiger partial charge in [-0.05, 0) is 42.8 Å². The first kappa shape index (κ1) is 26.0. The molecular weight excluding hydrogens is 504 g/mol. The van der Waals surface area contributed by atoms with Crippen LogP contribution in [0, 0.1) is 30.2 Å². The minimum Gasteiger partial charge on any atom is -0.322 e. The summed E-state index contributed by atoms with van der Waals surface area (Å²) < 4.78 is 55.7. The van der Waals surface area contributed by atoms with E-state index in [4.69, 9.17) is 0 Å². The number of aryl methyl sites for hydroxylation is 1. The van der Waals surface area contributed by atoms with E-state index < -0.39 is 40.1 Å². The first-order valence-corrected chi connectivity index (χ1v) is 11.9. The Kier molecular flexibility index (Phi) is 7.93. The fraction of sp³-hybridized carbons (Fsp3) is 0.0714. The molecule has 4 aromatic rings. The number of nitrogens with one attached hydrogen (secondary N) is 2. The van der Waals surface area contributed by atoms with Crippen molar-refractivity contribution in [2.45, 2.75) is 17.1 Å². The van der Waals surface area contributed by atoms with Gasteiger partial charge in [-0.3, -0.25) is 9.59 Å². The summed E-state index contributed by atoms with van der Waals surface area (Å²) >= 11 is 1.03. The van der Waals surface area contributed by atoms with E-state index in [-0.39, 0.29) is 12.0 Å². The van der Waals surface area contributed by atoms with Gasteiger partial charge in [0.1, 0.15) is 10.9 Å². The van der Waals surface area contributed by atoms with Gasteiger partial charge in [0, 0.05) is 22.2 Å². The lowest BCUT2D eigenvalue weighted by Gasteiger charge is -2.18. The number of carbonyl (C=O) groups excluding carboxylic acids is 2. The lowest BCUT2D eigenvalue weighted by molar-refractivity contribution is -0.115. The summed E-state index contributed by atoms with van der Waals surface area (Å²) in [4.78, 5) is 26.3. The molecule has 0 fully saturated rings. The van der Waals surface area contributed by atoms with Crippen LogP contribution in [0.3, 0.4) is 0 Å². The normalized spacial score (nSPS) is 11.6. The number of rotatable bonds is 7. The molecule has 0 aromatic heterocycles. The second-order valence-corrected chi connectivity index (χ2v) is 9.27. The third kappa shape index (κ3) is 6.18. The first-order valence-electron chi connectivity index (χ1n) is 11.1. The summed E-state index contributed by atoms with van der Waals surface area (Å²) in [5, 5.41) is 3.75. The largest absolute Gasteiger partial charge is 0.322 e. The number of thioether (sulfide) groups is 1. The maximum Gasteiger partial charge on any atom is 0.255 e. The Bertz CT molecular complexity index is 1440. The van der Waals surface area contributed by atoms with Crippen molar-refractivity contribution >= 4 is 35.0 Å². The minimum absolute atomic E-state index is 0.0697. The van der Waals surface area contributed by atoms with Crippen LogP contribution >= 0.6 is 11.8 Å². The highest BCUT2D eigenvalue weighted by molar-refractivity contribution is 8.00. The van der Waals surface area contributed by atoms with Crippen LogP contribution in [0.4, 0.5) is 28.9 Å². The van der Waals surface area contributed by atoms with Crippen molar-refractivity contribution in [3.63, 3.8) is 0 Å². The molecule has 4 rings (SSSR count). The summed E-state index contributed by atoms with van der Waals surface area (Å²) in [5.41, 5.74) is 1.15. The summed E-state index contributed by atoms with van der Waals surface area (Å²) in [6.07, 6.45) is 0. The molecule has 0 aliphatic carbocycles. The van der Waals surface area contributed by atoms with Gasteiger partial charge in [0.25, 0.3) is 5.91 Å². The van der Waals surface area contributed by atoms with Gasteiger partial charge >= 0.3 is 0 Å². The zero-order valence-corrected chi connectivity index (χ0v) is 20.2. The van der Waals surface area contributed by atoms with Gasteiger partial charge in [-0.25, -0.2) is 17.6 Å². The molecule has 0 aliphatic rings. The van der Waals surface area contributed by atoms with Gasteiger partial charge in [-0.15, -0.1) is 11.8 Å². The van der Waals surface area contributed by atoms with Crippen molar-refractivity contribution in [1.82, 2.24) is 0 Å². The maximum atomic E-state index is 14.2. The maximum absolute atomic E-state index is 14.2. The Labute approximate surface area is 214 Å². The molecule has 0 heterocycles. The Balaban J connectivity index is 1.60. The van der Waals surface area contributed by atoms with Gasteiger partial charge in [0.15, 0.2) is 23.3 Å². The van der Waals surface area contributed by atoms with Gasteiger partial charge < -0.3 is 10.6 Å². The van der Waals surface area contributed by atoms with E-state index in [1.165, 1.54) is 0 Å². The lowest BCUT2D eigenvalue weighted by Crippen LogP contribution is -2.21. The quantitative estimate of drug-likeness (QED) is 0.152. The van der Waals surface area contributed by atoms with Crippen molar-refractivity contribution in [1.29, 1.82) is 0 Å². The lowest BCUT2D eigenvalue weighted by atomic mass is 10.1. The molecule has 0 saturated heterocycles. The molecule has 9 heteroatoms. The molecule has 1 unspecified atom stereocenters. The number of benzene rings is 4. The highest BCUT2D eigenvalue weighted by Gasteiger charge is 2.27. The Morgan fingerprint density at radius 1 is 0.757 bits per heavy atom. The van der Waals surface area contributed by atoms with E-state index >= 15 is 0 Å². The van der Waals surface area contributed by atoms with E-state index in [0.717, 1.165) is 17.3 Å². The van der Waals surface area contributed by atoms with Crippen molar-refractivity contribution in [3.8, 4) is 0 Å². The Hall–Kier alpha value is -4.11. The first-order chi connectivity index (χ1) is 17.7. The molecule has 37 heavy (non-hydrogen) atoms. The molecule has 4 aromatic carbocycles. The summed E-state index contributed by atoms with van der Waals surface area (Å²) in [6.45, 7) is 1.87. The molecule has 1 atom stereocenters. The summed E-state index contributed by atoms with van der Waals surface area (Å²) in [6, 6.07) is 22.2. The zero-order valence-electron chi connectivity index (χ0n) is 19.4. The number of hydrogen-bond acceptors (Lipinski definition) is 3. The molecule has 0 bridgehead atoms. The van der Waals surface area contributed by atoms with E-state index in [0.29, 0.717) is 21.7 Å². The van der Waals surface area contributed by atoms with Crippen LogP contribution in [0.2, 0.25) is 0 Å². The third-order valence-electron chi connectivity index (χ3n) is 5.33. The van der Waals surface area contributed by atoms with E-state index in [9.17, 15) is 27.2 Å². The van der Waals surface area contributed by atoms with Crippen LogP contribution < -0.4 is 10.6 Å². The molecule has 2 N–H and O–H groups in total. The second kappa shape index (κ2) is 11.3. The van der Waals surface area contributed by atoms with Crippen LogP contribution in [-0.2, 0) is 4.79 Å². The molecule has 0 saturated carbocycles. The van der Waals surface area contributed by atoms with Crippen LogP contribution in [0.1, 0.15) is 26.7 Å². The van der Waals surface area contributed by atoms with Gasteiger partial charge in [-0.2, -0.15) is 0 Å². The van der Waals surface area contributed by atoms with Crippen LogP contribution in [-0.4, -0.2) is 11.8 Å². The number of hydrogen-bond donors (Lipinski definition) is 2. The smallest absolute Gasteiger partial charge is 0.255 e. The van der Waals surface area contributed by atoms with Crippen molar-refractivity contribution in [2.75, 3.05) is 10.6 Å². The molecule has 2 amide bonds. The van der Waals surface area contributed by atoms with Gasteiger partial charge in [-0.1, -0.05) is 54.1 Å². The summed E-state index contributed by atoms with van der Waals surface area (Å²) in [5.74, 6) is -7.88. The zero-order chi connectivity index (χ0) is 26.5. The standard InChI is InChI=1S/C28H20F4N2O2S/c1-16-7-5-10-18(13-16)27(35)33-19-11-6-12-20(14-19)37-26(17-8-3-2-4-9-17)28(36)34-25-23(31)21(29)15-22(30)24(25)32/h2-15,26H,1H3,(H,33,35)(H,34,36). The monoisotopic (exact) mass is 524 g/mol. The average molecular weight is 525 g/mol. The number of carbonyl (C=O) groups is 2. The Morgan fingerprint density at radius 3 is 2.11 bits per heavy atom. The number of amides is 2. The molecule has 0 radical (unpaired) electrons. The topological polar surface area (TPSA) is 58.2 Å². The third-order valence-corrected chi connectivity index (χ3v) is 6.57. The van der Waals surface area contributed by atoms with Crippen LogP contribution in [0.25, 0.3) is 0 Å². The Morgan fingerprint density at radius 2 is 1.43 bits per heavy atom. The van der Waals surface area contributed by atoms with Crippen molar-refractivity contribution in [3.05, 3.63) is 125 Å². The molecule has 0 spiro atoms. The SMILES string of the molecule is Cc1cccc(C(=O)Nc2cccc(SC(C(=O)Nc3c(F)c(F)cc(F)c3F)c3ccccc3)c2)c1. The summed E-state index contributed by atoms with van der Waals surface area (Å²) in [7, 11) is 0.